The van der Waals surface area contributed by atoms with E-state index in [0.717, 1.165) is 11.3 Å². The molecule has 7 heteroatoms. The number of carbonyl (C=O) groups is 2. The molecule has 4 rings (SSSR count). The molecule has 38 heavy (non-hydrogen) atoms. The fraction of sp³-hybridized carbons (Fsp3) is 0.194. The fourth-order valence-electron chi connectivity index (χ4n) is 3.67. The van der Waals surface area contributed by atoms with Crippen molar-refractivity contribution in [1.82, 2.24) is 0 Å². The number of hydrogen-bond acceptors (Lipinski definition) is 6. The maximum Gasteiger partial charge on any atom is 0.343 e. The van der Waals surface area contributed by atoms with Crippen LogP contribution in [0.3, 0.4) is 0 Å². The van der Waals surface area contributed by atoms with Crippen molar-refractivity contribution in [2.45, 2.75) is 20.4 Å². The molecule has 0 aliphatic rings. The van der Waals surface area contributed by atoms with Crippen LogP contribution in [0.5, 0.6) is 17.2 Å². The number of pyridine rings is 1. The molecule has 0 aliphatic carbocycles. The van der Waals surface area contributed by atoms with Crippen molar-refractivity contribution in [3.8, 4) is 17.2 Å². The SMILES string of the molecule is Cc1ccc(C(=O)Oc2ccc(OC(=O)c3ccc(OCC[n+]4ccc(N(C)C)cc4)cc3)c(C)c2)cc1. The molecule has 0 atom stereocenters. The minimum absolute atomic E-state index is 0.376. The van der Waals surface area contributed by atoms with Crippen LogP contribution in [0.25, 0.3) is 0 Å². The summed E-state index contributed by atoms with van der Waals surface area (Å²) in [7, 11) is 4.01. The van der Waals surface area contributed by atoms with E-state index in [1.54, 1.807) is 61.5 Å². The Morgan fingerprint density at radius 2 is 1.32 bits per heavy atom. The molecule has 0 saturated heterocycles. The van der Waals surface area contributed by atoms with Gasteiger partial charge in [-0.1, -0.05) is 17.7 Å². The first-order chi connectivity index (χ1) is 18.3. The number of benzene rings is 3. The van der Waals surface area contributed by atoms with Crippen LogP contribution in [0.15, 0.2) is 91.3 Å². The second-order valence-corrected chi connectivity index (χ2v) is 9.13. The summed E-state index contributed by atoms with van der Waals surface area (Å²) < 4.78 is 18.9. The van der Waals surface area contributed by atoms with Crippen molar-refractivity contribution in [3.05, 3.63) is 114 Å². The molecular weight excluding hydrogens is 480 g/mol. The van der Waals surface area contributed by atoms with Gasteiger partial charge in [0.25, 0.3) is 0 Å². The van der Waals surface area contributed by atoms with Crippen molar-refractivity contribution < 1.29 is 28.4 Å². The average molecular weight is 512 g/mol. The van der Waals surface area contributed by atoms with Gasteiger partial charge < -0.3 is 19.1 Å². The lowest BCUT2D eigenvalue weighted by atomic mass is 10.1. The Morgan fingerprint density at radius 1 is 0.737 bits per heavy atom. The van der Waals surface area contributed by atoms with Crippen molar-refractivity contribution >= 4 is 17.6 Å². The zero-order chi connectivity index (χ0) is 27.1. The number of carbonyl (C=O) groups excluding carboxylic acids is 2. The average Bonchev–Trinajstić information content (AvgIpc) is 2.91. The van der Waals surface area contributed by atoms with Crippen LogP contribution < -0.4 is 23.7 Å². The molecule has 0 spiro atoms. The number of esters is 2. The first-order valence-electron chi connectivity index (χ1n) is 12.3. The zero-order valence-electron chi connectivity index (χ0n) is 22.0. The maximum absolute atomic E-state index is 12.7. The van der Waals surface area contributed by atoms with Crippen LogP contribution in [0.4, 0.5) is 5.69 Å². The van der Waals surface area contributed by atoms with Gasteiger partial charge in [0.05, 0.1) is 11.1 Å². The maximum atomic E-state index is 12.7. The molecule has 0 unspecified atom stereocenters. The summed E-state index contributed by atoms with van der Waals surface area (Å²) in [5.41, 5.74) is 3.74. The molecule has 0 radical (unpaired) electrons. The molecule has 0 amide bonds. The molecule has 194 valence electrons. The lowest BCUT2D eigenvalue weighted by Gasteiger charge is -2.11. The summed E-state index contributed by atoms with van der Waals surface area (Å²) in [5, 5.41) is 0. The highest BCUT2D eigenvalue weighted by Gasteiger charge is 2.14. The number of rotatable bonds is 9. The Morgan fingerprint density at radius 3 is 1.92 bits per heavy atom. The van der Waals surface area contributed by atoms with Crippen LogP contribution in [-0.4, -0.2) is 32.6 Å². The second kappa shape index (κ2) is 12.1. The van der Waals surface area contributed by atoms with Gasteiger partial charge in [-0.3, -0.25) is 0 Å². The van der Waals surface area contributed by atoms with Gasteiger partial charge in [-0.25, -0.2) is 14.2 Å². The van der Waals surface area contributed by atoms with Gasteiger partial charge in [0.2, 0.25) is 0 Å². The summed E-state index contributed by atoms with van der Waals surface area (Å²) >= 11 is 0. The molecule has 0 saturated carbocycles. The Labute approximate surface area is 222 Å². The summed E-state index contributed by atoms with van der Waals surface area (Å²) in [5.74, 6) is 0.504. The lowest BCUT2D eigenvalue weighted by Crippen LogP contribution is -2.35. The quantitative estimate of drug-likeness (QED) is 0.175. The van der Waals surface area contributed by atoms with Gasteiger partial charge in [-0.15, -0.1) is 0 Å². The first kappa shape index (κ1) is 26.4. The molecule has 0 bridgehead atoms. The minimum Gasteiger partial charge on any atom is -0.487 e. The molecular formula is C31H31N2O5+. The van der Waals surface area contributed by atoms with E-state index in [-0.39, 0.29) is 0 Å². The van der Waals surface area contributed by atoms with E-state index in [1.807, 2.05) is 62.6 Å². The van der Waals surface area contributed by atoms with Gasteiger partial charge >= 0.3 is 11.9 Å². The van der Waals surface area contributed by atoms with E-state index in [1.165, 1.54) is 0 Å². The van der Waals surface area contributed by atoms with Crippen LogP contribution in [0.2, 0.25) is 0 Å². The van der Waals surface area contributed by atoms with Gasteiger partial charge in [0.15, 0.2) is 18.9 Å². The predicted molar refractivity (Wildman–Crippen MR) is 145 cm³/mol. The number of nitrogens with zero attached hydrogens (tertiary/aromatic N) is 2. The van der Waals surface area contributed by atoms with E-state index < -0.39 is 11.9 Å². The highest BCUT2D eigenvalue weighted by Crippen LogP contribution is 2.25. The molecule has 1 heterocycles. The molecule has 7 nitrogen and oxygen atoms in total. The van der Waals surface area contributed by atoms with E-state index in [2.05, 4.69) is 4.57 Å². The number of ether oxygens (including phenoxy) is 3. The van der Waals surface area contributed by atoms with Crippen LogP contribution >= 0.6 is 0 Å². The van der Waals surface area contributed by atoms with E-state index >= 15 is 0 Å². The molecule has 1 aromatic heterocycles. The van der Waals surface area contributed by atoms with Crippen molar-refractivity contribution in [3.63, 3.8) is 0 Å². The molecule has 4 aromatic rings. The molecule has 3 aromatic carbocycles. The van der Waals surface area contributed by atoms with Crippen LogP contribution in [0.1, 0.15) is 31.8 Å². The Balaban J connectivity index is 1.29. The Hall–Kier alpha value is -4.65. The third-order valence-electron chi connectivity index (χ3n) is 5.95. The summed E-state index contributed by atoms with van der Waals surface area (Å²) in [6.07, 6.45) is 4.03. The fourth-order valence-corrected chi connectivity index (χ4v) is 3.67. The summed E-state index contributed by atoms with van der Waals surface area (Å²) in [6.45, 7) is 4.94. The van der Waals surface area contributed by atoms with E-state index in [0.29, 0.717) is 47.1 Å². The smallest absolute Gasteiger partial charge is 0.343 e. The van der Waals surface area contributed by atoms with Gasteiger partial charge in [0.1, 0.15) is 23.9 Å². The van der Waals surface area contributed by atoms with E-state index in [9.17, 15) is 9.59 Å². The monoisotopic (exact) mass is 511 g/mol. The highest BCUT2D eigenvalue weighted by molar-refractivity contribution is 5.92. The number of hydrogen-bond donors (Lipinski definition) is 0. The first-order valence-corrected chi connectivity index (χ1v) is 12.3. The number of anilines is 1. The largest absolute Gasteiger partial charge is 0.487 e. The third-order valence-corrected chi connectivity index (χ3v) is 5.95. The summed E-state index contributed by atoms with van der Waals surface area (Å²) in [6, 6.07) is 23.0. The predicted octanol–water partition coefficient (Wildman–Crippen LogP) is 5.17. The normalized spacial score (nSPS) is 10.5. The lowest BCUT2D eigenvalue weighted by molar-refractivity contribution is -0.697. The Bertz CT molecular complexity index is 1400. The van der Waals surface area contributed by atoms with Gasteiger partial charge in [-0.2, -0.15) is 0 Å². The van der Waals surface area contributed by atoms with Crippen LogP contribution in [0, 0.1) is 13.8 Å². The van der Waals surface area contributed by atoms with Gasteiger partial charge in [-0.05, 0) is 74.0 Å². The highest BCUT2D eigenvalue weighted by atomic mass is 16.5. The second-order valence-electron chi connectivity index (χ2n) is 9.13. The third kappa shape index (κ3) is 6.97. The minimum atomic E-state index is -0.486. The van der Waals surface area contributed by atoms with E-state index in [4.69, 9.17) is 14.2 Å². The zero-order valence-corrected chi connectivity index (χ0v) is 22.0. The van der Waals surface area contributed by atoms with Crippen molar-refractivity contribution in [1.29, 1.82) is 0 Å². The summed E-state index contributed by atoms with van der Waals surface area (Å²) in [4.78, 5) is 27.1. The number of aromatic nitrogens is 1. The van der Waals surface area contributed by atoms with Crippen LogP contribution in [-0.2, 0) is 6.54 Å². The molecule has 0 N–H and O–H groups in total. The number of aryl methyl sites for hydroxylation is 2. The Kier molecular flexibility index (Phi) is 8.38. The van der Waals surface area contributed by atoms with Gasteiger partial charge in [0, 0.05) is 31.9 Å². The van der Waals surface area contributed by atoms with Crippen molar-refractivity contribution in [2.24, 2.45) is 0 Å². The molecule has 0 fully saturated rings. The van der Waals surface area contributed by atoms with Crippen molar-refractivity contribution in [2.75, 3.05) is 25.6 Å². The topological polar surface area (TPSA) is 68.9 Å². The standard InChI is InChI=1S/C31H31N2O5/c1-22-5-7-24(8-6-22)30(34)37-28-13-14-29(23(2)21-28)38-31(35)25-9-11-27(12-10-25)36-20-19-33-17-15-26(16-18-33)32(3)4/h5-18,21H,19-20H2,1-4H3/q+1. The molecule has 0 aliphatic heterocycles.